The first kappa shape index (κ1) is 15.0. The van der Waals surface area contributed by atoms with Gasteiger partial charge in [-0.1, -0.05) is 29.6 Å². The Hall–Kier alpha value is -0.440. The fourth-order valence-corrected chi connectivity index (χ4v) is 3.32. The number of carbonyl (C=O) groups is 1. The number of benzene rings is 1. The summed E-state index contributed by atoms with van der Waals surface area (Å²) in [7, 11) is 0. The van der Waals surface area contributed by atoms with Gasteiger partial charge < -0.3 is 5.32 Å². The van der Waals surface area contributed by atoms with Crippen molar-refractivity contribution in [3.63, 3.8) is 0 Å². The van der Waals surface area contributed by atoms with Crippen LogP contribution < -0.4 is 5.32 Å². The molecular weight excluding hydrogens is 305 g/mol. The lowest BCUT2D eigenvalue weighted by molar-refractivity contribution is 0.0921. The van der Waals surface area contributed by atoms with Crippen LogP contribution in [0.1, 0.15) is 36.0 Å². The molecule has 0 saturated heterocycles. The molecule has 2 rings (SSSR count). The van der Waals surface area contributed by atoms with Crippen LogP contribution in [0.5, 0.6) is 0 Å². The van der Waals surface area contributed by atoms with Crippen LogP contribution in [0.4, 0.5) is 0 Å². The molecule has 1 N–H and O–H groups in total. The second kappa shape index (κ2) is 6.83. The van der Waals surface area contributed by atoms with Crippen LogP contribution >= 0.6 is 34.8 Å². The molecule has 0 aromatic heterocycles. The summed E-state index contributed by atoms with van der Waals surface area (Å²) in [5.74, 6) is 1.04. The lowest BCUT2D eigenvalue weighted by atomic mass is 9.87. The Balaban J connectivity index is 2.00. The Bertz CT molecular complexity index is 444. The fourth-order valence-electron chi connectivity index (χ4n) is 2.52. The second-order valence-corrected chi connectivity index (χ2v) is 6.20. The maximum absolute atomic E-state index is 12.2. The summed E-state index contributed by atoms with van der Waals surface area (Å²) in [4.78, 5) is 12.2. The van der Waals surface area contributed by atoms with Gasteiger partial charge in [-0.15, -0.1) is 11.6 Å². The van der Waals surface area contributed by atoms with E-state index in [-0.39, 0.29) is 11.9 Å². The molecule has 2 atom stereocenters. The van der Waals surface area contributed by atoms with Crippen LogP contribution in [0, 0.1) is 5.92 Å². The van der Waals surface area contributed by atoms with Crippen molar-refractivity contribution in [1.82, 2.24) is 5.32 Å². The average molecular weight is 321 g/mol. The van der Waals surface area contributed by atoms with Crippen molar-refractivity contribution in [2.75, 3.05) is 5.88 Å². The number of halogens is 3. The first-order valence-corrected chi connectivity index (χ1v) is 7.70. The molecule has 2 unspecified atom stereocenters. The van der Waals surface area contributed by atoms with Crippen molar-refractivity contribution in [2.24, 2.45) is 5.92 Å². The quantitative estimate of drug-likeness (QED) is 0.815. The van der Waals surface area contributed by atoms with E-state index in [0.717, 1.165) is 25.7 Å². The SMILES string of the molecule is O=C(NC1CCCC(CCl)C1)c1cc(Cl)cc(Cl)c1. The molecule has 1 aromatic carbocycles. The second-order valence-electron chi connectivity index (χ2n) is 5.02. The molecule has 1 aromatic rings. The highest BCUT2D eigenvalue weighted by Gasteiger charge is 2.23. The van der Waals surface area contributed by atoms with E-state index in [9.17, 15) is 4.79 Å². The van der Waals surface area contributed by atoms with Gasteiger partial charge in [-0.2, -0.15) is 0 Å². The monoisotopic (exact) mass is 319 g/mol. The minimum Gasteiger partial charge on any atom is -0.349 e. The van der Waals surface area contributed by atoms with Gasteiger partial charge in [0.15, 0.2) is 0 Å². The summed E-state index contributed by atoms with van der Waals surface area (Å²) < 4.78 is 0. The summed E-state index contributed by atoms with van der Waals surface area (Å²) in [6.45, 7) is 0. The molecule has 19 heavy (non-hydrogen) atoms. The van der Waals surface area contributed by atoms with E-state index in [0.29, 0.717) is 27.4 Å². The summed E-state index contributed by atoms with van der Waals surface area (Å²) in [6.07, 6.45) is 4.22. The first-order chi connectivity index (χ1) is 9.08. The lowest BCUT2D eigenvalue weighted by Gasteiger charge is -2.28. The fraction of sp³-hybridized carbons (Fsp3) is 0.500. The third-order valence-electron chi connectivity index (χ3n) is 3.46. The Labute approximate surface area is 128 Å². The molecule has 104 valence electrons. The Morgan fingerprint density at radius 3 is 2.53 bits per heavy atom. The van der Waals surface area contributed by atoms with E-state index in [1.165, 1.54) is 0 Å². The van der Waals surface area contributed by atoms with Crippen LogP contribution in [-0.2, 0) is 0 Å². The summed E-state index contributed by atoms with van der Waals surface area (Å²) in [6, 6.07) is 5.07. The zero-order valence-electron chi connectivity index (χ0n) is 10.5. The maximum Gasteiger partial charge on any atom is 0.251 e. The van der Waals surface area contributed by atoms with E-state index in [2.05, 4.69) is 5.32 Å². The van der Waals surface area contributed by atoms with Crippen molar-refractivity contribution < 1.29 is 4.79 Å². The van der Waals surface area contributed by atoms with Gasteiger partial charge in [-0.3, -0.25) is 4.79 Å². The van der Waals surface area contributed by atoms with Gasteiger partial charge in [0.1, 0.15) is 0 Å². The van der Waals surface area contributed by atoms with Gasteiger partial charge in [0, 0.05) is 27.5 Å². The predicted octanol–water partition coefficient (Wildman–Crippen LogP) is 4.52. The topological polar surface area (TPSA) is 29.1 Å². The maximum atomic E-state index is 12.2. The highest BCUT2D eigenvalue weighted by molar-refractivity contribution is 6.35. The van der Waals surface area contributed by atoms with Crippen molar-refractivity contribution in [2.45, 2.75) is 31.7 Å². The van der Waals surface area contributed by atoms with Gasteiger partial charge in [0.25, 0.3) is 5.91 Å². The van der Waals surface area contributed by atoms with Gasteiger partial charge in [-0.25, -0.2) is 0 Å². The van der Waals surface area contributed by atoms with Crippen LogP contribution in [0.15, 0.2) is 18.2 Å². The number of alkyl halides is 1. The van der Waals surface area contributed by atoms with Crippen molar-refractivity contribution in [1.29, 1.82) is 0 Å². The van der Waals surface area contributed by atoms with Crippen LogP contribution in [0.3, 0.4) is 0 Å². The molecule has 0 aliphatic heterocycles. The third-order valence-corrected chi connectivity index (χ3v) is 4.33. The minimum absolute atomic E-state index is 0.121. The molecular formula is C14H16Cl3NO. The molecule has 5 heteroatoms. The summed E-state index contributed by atoms with van der Waals surface area (Å²) >= 11 is 17.7. The van der Waals surface area contributed by atoms with E-state index in [1.807, 2.05) is 0 Å². The molecule has 1 fully saturated rings. The molecule has 1 aliphatic carbocycles. The standard InChI is InChI=1S/C14H16Cl3NO/c15-8-9-2-1-3-13(4-9)18-14(19)10-5-11(16)7-12(17)6-10/h5-7,9,13H,1-4,8H2,(H,18,19). The smallest absolute Gasteiger partial charge is 0.251 e. The highest BCUT2D eigenvalue weighted by Crippen LogP contribution is 2.26. The summed E-state index contributed by atoms with van der Waals surface area (Å²) in [5, 5.41) is 3.98. The lowest BCUT2D eigenvalue weighted by Crippen LogP contribution is -2.38. The molecule has 1 aliphatic rings. The van der Waals surface area contributed by atoms with E-state index < -0.39 is 0 Å². The number of carbonyl (C=O) groups excluding carboxylic acids is 1. The largest absolute Gasteiger partial charge is 0.349 e. The predicted molar refractivity (Wildman–Crippen MR) is 80.4 cm³/mol. The molecule has 1 saturated carbocycles. The molecule has 0 heterocycles. The van der Waals surface area contributed by atoms with E-state index in [1.54, 1.807) is 18.2 Å². The molecule has 0 spiro atoms. The molecule has 0 bridgehead atoms. The third kappa shape index (κ3) is 4.27. The van der Waals surface area contributed by atoms with Gasteiger partial charge in [0.2, 0.25) is 0 Å². The van der Waals surface area contributed by atoms with Gasteiger partial charge >= 0.3 is 0 Å². The zero-order valence-corrected chi connectivity index (χ0v) is 12.7. The Morgan fingerprint density at radius 2 is 1.89 bits per heavy atom. The number of rotatable bonds is 3. The number of hydrogen-bond acceptors (Lipinski definition) is 1. The van der Waals surface area contributed by atoms with Crippen molar-refractivity contribution in [3.8, 4) is 0 Å². The number of nitrogens with one attached hydrogen (secondary N) is 1. The average Bonchev–Trinajstić information content (AvgIpc) is 2.37. The summed E-state index contributed by atoms with van der Waals surface area (Å²) in [5.41, 5.74) is 0.505. The van der Waals surface area contributed by atoms with Gasteiger partial charge in [0.05, 0.1) is 0 Å². The number of amides is 1. The normalized spacial score (nSPS) is 23.1. The first-order valence-electron chi connectivity index (χ1n) is 6.41. The van der Waals surface area contributed by atoms with E-state index in [4.69, 9.17) is 34.8 Å². The highest BCUT2D eigenvalue weighted by atomic mass is 35.5. The number of hydrogen-bond donors (Lipinski definition) is 1. The zero-order chi connectivity index (χ0) is 13.8. The van der Waals surface area contributed by atoms with Crippen molar-refractivity contribution in [3.05, 3.63) is 33.8 Å². The Kier molecular flexibility index (Phi) is 5.37. The van der Waals surface area contributed by atoms with Crippen LogP contribution in [0.2, 0.25) is 10.0 Å². The van der Waals surface area contributed by atoms with E-state index >= 15 is 0 Å². The molecule has 1 amide bonds. The van der Waals surface area contributed by atoms with Crippen LogP contribution in [-0.4, -0.2) is 17.8 Å². The minimum atomic E-state index is -0.121. The van der Waals surface area contributed by atoms with Crippen molar-refractivity contribution >= 4 is 40.7 Å². The Morgan fingerprint density at radius 1 is 1.21 bits per heavy atom. The molecule has 0 radical (unpaired) electrons. The van der Waals surface area contributed by atoms with Crippen LogP contribution in [0.25, 0.3) is 0 Å². The van der Waals surface area contributed by atoms with Gasteiger partial charge in [-0.05, 0) is 43.4 Å². The molecule has 2 nitrogen and oxygen atoms in total.